The Balaban J connectivity index is 1.65. The van der Waals surface area contributed by atoms with Crippen molar-refractivity contribution in [2.75, 3.05) is 12.8 Å². The molecule has 7 heteroatoms. The molecule has 1 amide bonds. The molecule has 2 aromatic heterocycles. The van der Waals surface area contributed by atoms with Gasteiger partial charge in [-0.2, -0.15) is 0 Å². The van der Waals surface area contributed by atoms with Gasteiger partial charge in [0.25, 0.3) is 0 Å². The van der Waals surface area contributed by atoms with Crippen molar-refractivity contribution in [1.82, 2.24) is 24.6 Å². The Bertz CT molecular complexity index is 740. The van der Waals surface area contributed by atoms with Gasteiger partial charge in [-0.05, 0) is 50.2 Å². The first kappa shape index (κ1) is 19.9. The van der Waals surface area contributed by atoms with Gasteiger partial charge >= 0.3 is 0 Å². The van der Waals surface area contributed by atoms with E-state index in [0.29, 0.717) is 11.8 Å². The fourth-order valence-electron chi connectivity index (χ4n) is 3.60. The first-order valence-electron chi connectivity index (χ1n) is 9.82. The minimum absolute atomic E-state index is 0.177. The Kier molecular flexibility index (Phi) is 6.88. The molecule has 0 saturated heterocycles. The molecule has 2 heterocycles. The number of amides is 1. The summed E-state index contributed by atoms with van der Waals surface area (Å²) in [4.78, 5) is 18.7. The fourth-order valence-corrected chi connectivity index (χ4v) is 4.49. The molecule has 0 bridgehead atoms. The number of hydrogen-bond donors (Lipinski definition) is 0. The van der Waals surface area contributed by atoms with E-state index in [1.54, 1.807) is 12.4 Å². The van der Waals surface area contributed by atoms with Gasteiger partial charge < -0.3 is 9.47 Å². The summed E-state index contributed by atoms with van der Waals surface area (Å²) in [7, 11) is 1.95. The molecule has 0 radical (unpaired) electrons. The van der Waals surface area contributed by atoms with Crippen LogP contribution in [0.4, 0.5) is 0 Å². The van der Waals surface area contributed by atoms with Crippen LogP contribution in [0, 0.1) is 5.92 Å². The number of nitrogens with zero attached hydrogens (tertiary/aromatic N) is 5. The molecular formula is C20H29N5OS. The molecule has 6 nitrogen and oxygen atoms in total. The number of pyridine rings is 1. The van der Waals surface area contributed by atoms with Gasteiger partial charge in [-0.3, -0.25) is 9.78 Å². The van der Waals surface area contributed by atoms with Crippen LogP contribution in [0.3, 0.4) is 0 Å². The minimum atomic E-state index is 0.177. The lowest BCUT2D eigenvalue weighted by molar-refractivity contribution is -0.129. The van der Waals surface area contributed by atoms with Gasteiger partial charge in [0.1, 0.15) is 0 Å². The van der Waals surface area contributed by atoms with Gasteiger partial charge in [0.15, 0.2) is 11.0 Å². The molecule has 3 rings (SSSR count). The molecule has 27 heavy (non-hydrogen) atoms. The van der Waals surface area contributed by atoms with Crippen molar-refractivity contribution in [3.05, 3.63) is 24.5 Å². The monoisotopic (exact) mass is 387 g/mol. The minimum Gasteiger partial charge on any atom is -0.342 e. The molecule has 0 aliphatic heterocycles. The Hall–Kier alpha value is -1.89. The second-order valence-corrected chi connectivity index (χ2v) is 8.34. The van der Waals surface area contributed by atoms with E-state index in [0.717, 1.165) is 48.3 Å². The Morgan fingerprint density at radius 1 is 1.22 bits per heavy atom. The van der Waals surface area contributed by atoms with Crippen molar-refractivity contribution >= 4 is 17.7 Å². The summed E-state index contributed by atoms with van der Waals surface area (Å²) in [6.45, 7) is 5.26. The summed E-state index contributed by atoms with van der Waals surface area (Å²) in [6, 6.07) is 4.26. The van der Waals surface area contributed by atoms with Gasteiger partial charge in [-0.1, -0.05) is 25.6 Å². The summed E-state index contributed by atoms with van der Waals surface area (Å²) in [5, 5.41) is 9.52. The number of carbonyl (C=O) groups excluding carboxylic acids is 1. The highest BCUT2D eigenvalue weighted by atomic mass is 32.2. The van der Waals surface area contributed by atoms with Crippen molar-refractivity contribution in [1.29, 1.82) is 0 Å². The second kappa shape index (κ2) is 9.35. The highest BCUT2D eigenvalue weighted by molar-refractivity contribution is 7.99. The number of thioether (sulfide) groups is 1. The molecule has 146 valence electrons. The molecule has 1 saturated carbocycles. The number of aromatic nitrogens is 4. The third-order valence-electron chi connectivity index (χ3n) is 5.35. The third-order valence-corrected chi connectivity index (χ3v) is 6.31. The van der Waals surface area contributed by atoms with Crippen LogP contribution in [0.5, 0.6) is 0 Å². The topological polar surface area (TPSA) is 63.9 Å². The van der Waals surface area contributed by atoms with E-state index in [2.05, 4.69) is 33.6 Å². The SMILES string of the molecule is CCCn1c(SCC(=O)N(C)C2CCC(C)CC2)nnc1-c1ccncc1. The Morgan fingerprint density at radius 3 is 2.59 bits per heavy atom. The molecule has 1 fully saturated rings. The molecule has 0 N–H and O–H groups in total. The van der Waals surface area contributed by atoms with E-state index >= 15 is 0 Å². The zero-order chi connectivity index (χ0) is 19.2. The first-order chi connectivity index (χ1) is 13.1. The van der Waals surface area contributed by atoms with Crippen molar-refractivity contribution in [2.45, 2.75) is 63.7 Å². The summed E-state index contributed by atoms with van der Waals surface area (Å²) in [5.41, 5.74) is 0.998. The van der Waals surface area contributed by atoms with Crippen molar-refractivity contribution in [3.63, 3.8) is 0 Å². The van der Waals surface area contributed by atoms with Crippen LogP contribution in [-0.4, -0.2) is 49.4 Å². The summed E-state index contributed by atoms with van der Waals surface area (Å²) < 4.78 is 2.11. The molecule has 0 spiro atoms. The molecule has 0 aromatic carbocycles. The summed E-state index contributed by atoms with van der Waals surface area (Å²) >= 11 is 1.49. The second-order valence-electron chi connectivity index (χ2n) is 7.40. The lowest BCUT2D eigenvalue weighted by Crippen LogP contribution is -2.40. The van der Waals surface area contributed by atoms with Crippen molar-refractivity contribution in [2.24, 2.45) is 5.92 Å². The lowest BCUT2D eigenvalue weighted by atomic mass is 9.87. The van der Waals surface area contributed by atoms with Gasteiger partial charge in [0, 0.05) is 37.6 Å². The highest BCUT2D eigenvalue weighted by Gasteiger charge is 2.25. The highest BCUT2D eigenvalue weighted by Crippen LogP contribution is 2.28. The third kappa shape index (κ3) is 4.89. The van der Waals surface area contributed by atoms with Crippen LogP contribution in [-0.2, 0) is 11.3 Å². The normalized spacial score (nSPS) is 19.8. The van der Waals surface area contributed by atoms with Gasteiger partial charge in [0.2, 0.25) is 5.91 Å². The van der Waals surface area contributed by atoms with Gasteiger partial charge in [-0.25, -0.2) is 0 Å². The van der Waals surface area contributed by atoms with E-state index in [1.165, 1.54) is 24.6 Å². The van der Waals surface area contributed by atoms with Crippen LogP contribution in [0.15, 0.2) is 29.7 Å². The summed E-state index contributed by atoms with van der Waals surface area (Å²) in [6.07, 6.45) is 9.18. The standard InChI is InChI=1S/C20H29N5OS/c1-4-13-25-19(16-9-11-21-12-10-16)22-23-20(25)27-14-18(26)24(3)17-7-5-15(2)6-8-17/h9-12,15,17H,4-8,13-14H2,1-3H3. The van der Waals surface area contributed by atoms with E-state index < -0.39 is 0 Å². The number of carbonyl (C=O) groups is 1. The zero-order valence-electron chi connectivity index (χ0n) is 16.5. The van der Waals surface area contributed by atoms with E-state index in [4.69, 9.17) is 0 Å². The maximum Gasteiger partial charge on any atom is 0.233 e. The number of hydrogen-bond acceptors (Lipinski definition) is 5. The van der Waals surface area contributed by atoms with Gasteiger partial charge in [0.05, 0.1) is 5.75 Å². The lowest BCUT2D eigenvalue weighted by Gasteiger charge is -2.33. The van der Waals surface area contributed by atoms with E-state index in [-0.39, 0.29) is 5.91 Å². The van der Waals surface area contributed by atoms with Crippen LogP contribution < -0.4 is 0 Å². The number of rotatable bonds is 7. The van der Waals surface area contributed by atoms with Crippen LogP contribution in [0.1, 0.15) is 46.0 Å². The van der Waals surface area contributed by atoms with Gasteiger partial charge in [-0.15, -0.1) is 10.2 Å². The fraction of sp³-hybridized carbons (Fsp3) is 0.600. The quantitative estimate of drug-likeness (QED) is 0.675. The van der Waals surface area contributed by atoms with E-state index in [9.17, 15) is 4.79 Å². The average Bonchev–Trinajstić information content (AvgIpc) is 3.10. The predicted molar refractivity (Wildman–Crippen MR) is 108 cm³/mol. The molecule has 1 aliphatic rings. The maximum absolute atomic E-state index is 12.7. The first-order valence-corrected chi connectivity index (χ1v) is 10.8. The predicted octanol–water partition coefficient (Wildman–Crippen LogP) is 3.88. The molecular weight excluding hydrogens is 358 g/mol. The van der Waals surface area contributed by atoms with Crippen molar-refractivity contribution in [3.8, 4) is 11.4 Å². The Morgan fingerprint density at radius 2 is 1.93 bits per heavy atom. The Labute approximate surface area is 165 Å². The molecule has 2 aromatic rings. The molecule has 1 aliphatic carbocycles. The zero-order valence-corrected chi connectivity index (χ0v) is 17.3. The van der Waals surface area contributed by atoms with Crippen LogP contribution >= 0.6 is 11.8 Å². The largest absolute Gasteiger partial charge is 0.342 e. The van der Waals surface area contributed by atoms with E-state index in [1.807, 2.05) is 24.1 Å². The molecule has 0 unspecified atom stereocenters. The summed E-state index contributed by atoms with van der Waals surface area (Å²) in [5.74, 6) is 2.21. The van der Waals surface area contributed by atoms with Crippen LogP contribution in [0.25, 0.3) is 11.4 Å². The smallest absolute Gasteiger partial charge is 0.233 e. The maximum atomic E-state index is 12.7. The van der Waals surface area contributed by atoms with Crippen LogP contribution in [0.2, 0.25) is 0 Å². The van der Waals surface area contributed by atoms with Crippen molar-refractivity contribution < 1.29 is 4.79 Å². The molecule has 0 atom stereocenters. The average molecular weight is 388 g/mol.